The van der Waals surface area contributed by atoms with Gasteiger partial charge in [-0.2, -0.15) is 8.42 Å². The first-order chi connectivity index (χ1) is 18.9. The van der Waals surface area contributed by atoms with Crippen LogP contribution in [0.1, 0.15) is 32.1 Å². The average molecular weight is 557 g/mol. The van der Waals surface area contributed by atoms with Crippen molar-refractivity contribution in [2.45, 2.75) is 43.1 Å². The first-order valence-electron chi connectivity index (χ1n) is 13.1. The Balaban J connectivity index is 1.13. The number of likely N-dealkylation sites (tertiary alicyclic amines) is 1. The Kier molecular flexibility index (Phi) is 8.17. The summed E-state index contributed by atoms with van der Waals surface area (Å²) in [6, 6.07) is 10.5. The minimum absolute atomic E-state index is 0.0306. The van der Waals surface area contributed by atoms with Crippen molar-refractivity contribution in [2.24, 2.45) is 0 Å². The van der Waals surface area contributed by atoms with Crippen LogP contribution in [0.25, 0.3) is 11.0 Å². The van der Waals surface area contributed by atoms with E-state index in [1.807, 2.05) is 0 Å². The van der Waals surface area contributed by atoms with E-state index in [2.05, 4.69) is 25.9 Å². The molecule has 3 aromatic rings. The van der Waals surface area contributed by atoms with E-state index in [-0.39, 0.29) is 28.6 Å². The molecule has 4 N–H and O–H groups in total. The lowest BCUT2D eigenvalue weighted by atomic mass is 10.2. The van der Waals surface area contributed by atoms with Crippen molar-refractivity contribution >= 4 is 44.7 Å². The number of amides is 3. The summed E-state index contributed by atoms with van der Waals surface area (Å²) in [5.74, 6) is 0.483. The number of ether oxygens (including phenoxy) is 1. The number of hydrogen-bond acceptors (Lipinski definition) is 8. The van der Waals surface area contributed by atoms with Crippen molar-refractivity contribution in [3.05, 3.63) is 42.5 Å². The molecule has 0 bridgehead atoms. The maximum atomic E-state index is 12.8. The van der Waals surface area contributed by atoms with Gasteiger partial charge in [-0.05, 0) is 62.1 Å². The van der Waals surface area contributed by atoms with Crippen LogP contribution in [0.2, 0.25) is 0 Å². The molecule has 208 valence electrons. The molecule has 2 aliphatic rings. The molecule has 0 radical (unpaired) electrons. The summed E-state index contributed by atoms with van der Waals surface area (Å²) >= 11 is 0. The Morgan fingerprint density at radius 2 is 2.03 bits per heavy atom. The maximum absolute atomic E-state index is 12.8. The van der Waals surface area contributed by atoms with Gasteiger partial charge in [0.15, 0.2) is 0 Å². The molecule has 1 aromatic heterocycles. The number of carbonyl (C=O) groups is 2. The van der Waals surface area contributed by atoms with Gasteiger partial charge in [-0.3, -0.25) is 10.1 Å². The number of hydrogen-bond donors (Lipinski definition) is 4. The third kappa shape index (κ3) is 6.98. The second-order valence-electron chi connectivity index (χ2n) is 9.56. The van der Waals surface area contributed by atoms with Gasteiger partial charge in [0, 0.05) is 51.0 Å². The third-order valence-electron chi connectivity index (χ3n) is 6.65. The van der Waals surface area contributed by atoms with E-state index in [1.54, 1.807) is 23.1 Å². The normalized spacial score (nSPS) is 17.5. The summed E-state index contributed by atoms with van der Waals surface area (Å²) in [5.41, 5.74) is 1.83. The molecule has 3 heterocycles. The maximum Gasteiger partial charge on any atom is 0.339 e. The van der Waals surface area contributed by atoms with Gasteiger partial charge in [0.1, 0.15) is 10.6 Å². The molecule has 0 aliphatic carbocycles. The molecule has 5 rings (SSSR count). The Bertz CT molecular complexity index is 1420. The number of rotatable bonds is 11. The molecule has 1 unspecified atom stereocenters. The minimum atomic E-state index is -4.06. The van der Waals surface area contributed by atoms with Gasteiger partial charge in [-0.25, -0.2) is 9.78 Å². The van der Waals surface area contributed by atoms with Crippen molar-refractivity contribution in [2.75, 3.05) is 43.4 Å². The third-order valence-corrected chi connectivity index (χ3v) is 7.92. The fourth-order valence-corrected chi connectivity index (χ4v) is 5.54. The molecule has 2 aliphatic heterocycles. The van der Waals surface area contributed by atoms with Crippen LogP contribution in [-0.4, -0.2) is 74.1 Å². The highest BCUT2D eigenvalue weighted by molar-refractivity contribution is 7.87. The molecule has 2 aromatic carbocycles. The van der Waals surface area contributed by atoms with Crippen LogP contribution in [0.3, 0.4) is 0 Å². The van der Waals surface area contributed by atoms with E-state index in [0.717, 1.165) is 38.1 Å². The zero-order chi connectivity index (χ0) is 27.2. The number of nitrogens with zero attached hydrogens (tertiary/aromatic N) is 2. The summed E-state index contributed by atoms with van der Waals surface area (Å²) < 4.78 is 36.6. The molecule has 12 nitrogen and oxygen atoms in total. The fraction of sp³-hybridized carbons (Fsp3) is 0.423. The van der Waals surface area contributed by atoms with Gasteiger partial charge >= 0.3 is 16.1 Å². The van der Waals surface area contributed by atoms with Gasteiger partial charge in [-0.1, -0.05) is 0 Å². The Morgan fingerprint density at radius 3 is 2.77 bits per heavy atom. The van der Waals surface area contributed by atoms with Crippen LogP contribution < -0.4 is 20.1 Å². The van der Waals surface area contributed by atoms with Gasteiger partial charge < -0.3 is 29.4 Å². The fourth-order valence-electron chi connectivity index (χ4n) is 4.62. The van der Waals surface area contributed by atoms with Crippen LogP contribution in [0.5, 0.6) is 5.75 Å². The van der Waals surface area contributed by atoms with E-state index in [0.29, 0.717) is 43.5 Å². The van der Waals surface area contributed by atoms with Crippen molar-refractivity contribution in [1.29, 1.82) is 0 Å². The molecule has 1 atom stereocenters. The lowest BCUT2D eigenvalue weighted by Gasteiger charge is -2.15. The number of aromatic nitrogens is 2. The van der Waals surface area contributed by atoms with E-state index >= 15 is 0 Å². The Hall–Kier alpha value is -3.84. The second kappa shape index (κ2) is 11.9. The number of urea groups is 1. The number of imidazole rings is 1. The highest BCUT2D eigenvalue weighted by atomic mass is 32.2. The number of carbonyl (C=O) groups excluding carboxylic acids is 2. The summed E-state index contributed by atoms with van der Waals surface area (Å²) in [6.07, 6.45) is 4.39. The molecule has 2 saturated heterocycles. The largest absolute Gasteiger partial charge is 0.382 e. The summed E-state index contributed by atoms with van der Waals surface area (Å²) in [7, 11) is -4.06. The number of anilines is 2. The summed E-state index contributed by atoms with van der Waals surface area (Å²) in [5, 5.41) is 8.62. The molecule has 0 saturated carbocycles. The topological polar surface area (TPSA) is 155 Å². The minimum Gasteiger partial charge on any atom is -0.382 e. The standard InChI is InChI=1S/C26H32N6O6S/c33-24-5-1-13-32(24)14-3-12-27-26(34)31-25-29-22-11-8-19(16-23(22)30-25)38-39(35,36)21-9-6-18(7-10-21)28-17-20-4-2-15-37-20/h6-11,16,20,28H,1-5,12-15,17H2,(H3,27,29,30,31,34). The van der Waals surface area contributed by atoms with E-state index in [1.165, 1.54) is 24.3 Å². The van der Waals surface area contributed by atoms with Crippen molar-refractivity contribution in [3.63, 3.8) is 0 Å². The number of H-pyrrole nitrogens is 1. The van der Waals surface area contributed by atoms with E-state index in [9.17, 15) is 18.0 Å². The number of fused-ring (bicyclic) bond motifs is 1. The number of aromatic amines is 1. The molecule has 0 spiro atoms. The molecular formula is C26H32N6O6S. The molecule has 39 heavy (non-hydrogen) atoms. The molecule has 2 fully saturated rings. The van der Waals surface area contributed by atoms with Crippen molar-refractivity contribution < 1.29 is 26.9 Å². The monoisotopic (exact) mass is 556 g/mol. The summed E-state index contributed by atoms with van der Waals surface area (Å²) in [6.45, 7) is 3.26. The Morgan fingerprint density at radius 1 is 1.18 bits per heavy atom. The first kappa shape index (κ1) is 26.8. The van der Waals surface area contributed by atoms with E-state index in [4.69, 9.17) is 8.92 Å². The number of nitrogens with one attached hydrogen (secondary N) is 4. The highest BCUT2D eigenvalue weighted by Crippen LogP contribution is 2.25. The van der Waals surface area contributed by atoms with Crippen LogP contribution >= 0.6 is 0 Å². The zero-order valence-electron chi connectivity index (χ0n) is 21.4. The van der Waals surface area contributed by atoms with Crippen molar-refractivity contribution in [1.82, 2.24) is 20.2 Å². The summed E-state index contributed by atoms with van der Waals surface area (Å²) in [4.78, 5) is 32.9. The van der Waals surface area contributed by atoms with Crippen LogP contribution in [0.4, 0.5) is 16.4 Å². The predicted molar refractivity (Wildman–Crippen MR) is 145 cm³/mol. The van der Waals surface area contributed by atoms with E-state index < -0.39 is 16.1 Å². The molecule has 3 amide bonds. The zero-order valence-corrected chi connectivity index (χ0v) is 22.3. The van der Waals surface area contributed by atoms with Gasteiger partial charge in [-0.15, -0.1) is 0 Å². The highest BCUT2D eigenvalue weighted by Gasteiger charge is 2.20. The van der Waals surface area contributed by atoms with Crippen LogP contribution in [-0.2, 0) is 19.6 Å². The second-order valence-corrected chi connectivity index (χ2v) is 11.1. The molecular weight excluding hydrogens is 524 g/mol. The smallest absolute Gasteiger partial charge is 0.339 e. The number of benzene rings is 2. The predicted octanol–water partition coefficient (Wildman–Crippen LogP) is 3.06. The van der Waals surface area contributed by atoms with Crippen LogP contribution in [0.15, 0.2) is 47.4 Å². The lowest BCUT2D eigenvalue weighted by Crippen LogP contribution is -2.33. The first-order valence-corrected chi connectivity index (χ1v) is 14.5. The SMILES string of the molecule is O=C(NCCCN1CCCC1=O)Nc1nc2ccc(OS(=O)(=O)c3ccc(NCC4CCCO4)cc3)cc2[nH]1. The quantitative estimate of drug-likeness (QED) is 0.208. The van der Waals surface area contributed by atoms with Gasteiger partial charge in [0.2, 0.25) is 11.9 Å². The average Bonchev–Trinajstić information content (AvgIpc) is 3.67. The lowest BCUT2D eigenvalue weighted by molar-refractivity contribution is -0.127. The van der Waals surface area contributed by atoms with Crippen LogP contribution in [0, 0.1) is 0 Å². The molecule has 13 heteroatoms. The Labute approximate surface area is 226 Å². The van der Waals surface area contributed by atoms with Crippen molar-refractivity contribution in [3.8, 4) is 5.75 Å². The van der Waals surface area contributed by atoms with Gasteiger partial charge in [0.25, 0.3) is 0 Å². The van der Waals surface area contributed by atoms with Gasteiger partial charge in [0.05, 0.1) is 17.1 Å².